The first-order valence-corrected chi connectivity index (χ1v) is 17.4. The van der Waals surface area contributed by atoms with Gasteiger partial charge in [0.1, 0.15) is 11.5 Å². The first kappa shape index (κ1) is 32.8. The Hall–Kier alpha value is -5.41. The average molecular weight is 702 g/mol. The Bertz CT molecular complexity index is 2150. The summed E-state index contributed by atoms with van der Waals surface area (Å²) in [7, 11) is 1.50. The molecule has 4 aliphatic rings. The van der Waals surface area contributed by atoms with Gasteiger partial charge in [0, 0.05) is 22.6 Å². The molecule has 2 heterocycles. The molecule has 6 atom stereocenters. The van der Waals surface area contributed by atoms with Gasteiger partial charge >= 0.3 is 0 Å². The van der Waals surface area contributed by atoms with Crippen LogP contribution in [0.4, 0.5) is 11.4 Å². The Kier molecular flexibility index (Phi) is 7.79. The highest BCUT2D eigenvalue weighted by Crippen LogP contribution is 2.65. The van der Waals surface area contributed by atoms with E-state index in [1.165, 1.54) is 18.1 Å². The molecule has 0 spiro atoms. The van der Waals surface area contributed by atoms with Gasteiger partial charge < -0.3 is 9.84 Å². The number of hydrogen-bond donors (Lipinski definition) is 2. The molecular weight excluding hydrogens is 666 g/mol. The molecule has 0 bridgehead atoms. The number of aromatic hydroxyl groups is 1. The molecule has 4 aromatic carbocycles. The van der Waals surface area contributed by atoms with Gasteiger partial charge in [0.05, 0.1) is 41.7 Å². The van der Waals surface area contributed by atoms with Crippen LogP contribution in [0.3, 0.4) is 0 Å². The fraction of sp³-hybridized carbons (Fsp3) is 0.268. The number of phenolic OH excluding ortho intramolecular Hbond substituents is 1. The molecule has 2 saturated heterocycles. The van der Waals surface area contributed by atoms with Crippen LogP contribution in [-0.2, 0) is 24.6 Å². The molecule has 4 amide bonds. The van der Waals surface area contributed by atoms with Crippen LogP contribution in [0.25, 0.3) is 0 Å². The normalized spacial score (nSPS) is 26.8. The van der Waals surface area contributed by atoms with Gasteiger partial charge in [0.25, 0.3) is 11.8 Å². The lowest BCUT2D eigenvalue weighted by atomic mass is 9.49. The monoisotopic (exact) mass is 701 g/mol. The van der Waals surface area contributed by atoms with E-state index in [0.29, 0.717) is 33.3 Å². The number of methoxy groups -OCH3 is 1. The fourth-order valence-electron chi connectivity index (χ4n) is 8.96. The van der Waals surface area contributed by atoms with Crippen molar-refractivity contribution in [3.8, 4) is 11.5 Å². The van der Waals surface area contributed by atoms with E-state index in [-0.39, 0.29) is 30.4 Å². The number of allylic oxidation sites excluding steroid dienone is 2. The molecule has 0 unspecified atom stereocenters. The quantitative estimate of drug-likeness (QED) is 0.167. The minimum atomic E-state index is -1.49. The van der Waals surface area contributed by atoms with Crippen molar-refractivity contribution in [3.05, 3.63) is 130 Å². The summed E-state index contributed by atoms with van der Waals surface area (Å²) < 4.78 is 5.41. The second-order valence-electron chi connectivity index (χ2n) is 14.0. The number of nitrogens with one attached hydrogen (secondary N) is 1. The molecule has 2 N–H and O–H groups in total. The molecule has 2 aliphatic carbocycles. The van der Waals surface area contributed by atoms with Crippen LogP contribution in [-0.4, -0.2) is 40.9 Å². The lowest BCUT2D eigenvalue weighted by molar-refractivity contribution is -0.138. The summed E-state index contributed by atoms with van der Waals surface area (Å²) in [6.07, 6.45) is 2.37. The van der Waals surface area contributed by atoms with Gasteiger partial charge in [-0.05, 0) is 74.1 Å². The van der Waals surface area contributed by atoms with Crippen LogP contribution < -0.4 is 15.1 Å². The highest BCUT2D eigenvalue weighted by molar-refractivity contribution is 6.32. The maximum atomic E-state index is 15.2. The van der Waals surface area contributed by atoms with Crippen LogP contribution in [0, 0.1) is 37.5 Å². The molecule has 0 aromatic heterocycles. The molecule has 2 aliphatic heterocycles. The lowest BCUT2D eigenvalue weighted by Crippen LogP contribution is -2.53. The number of rotatable bonds is 6. The highest BCUT2D eigenvalue weighted by atomic mass is 35.5. The number of anilines is 2. The molecule has 0 radical (unpaired) electrons. The second kappa shape index (κ2) is 12.1. The van der Waals surface area contributed by atoms with Crippen molar-refractivity contribution < 1.29 is 29.0 Å². The maximum absolute atomic E-state index is 15.2. The van der Waals surface area contributed by atoms with E-state index in [1.54, 1.807) is 30.3 Å². The molecule has 3 fully saturated rings. The number of imide groups is 2. The standard InChI is InChI=1S/C41H36ClN3O6/c1-22-9-12-25(13-10-22)43-45-38(48)32-21-31-28(17-18-30-35(31)39(49)44(37(30)47)26-14-11-23(2)33(42)19-26)36(29-16-15-27(51-3)20-34(29)46)41(32,40(45)50)24-7-5-4-6-8-24/h4-17,19-20,30-32,35-36,43,46H,18,21H2,1-3H3/t30-,31+,32-,35-,36+,41+/m0/s1. The van der Waals surface area contributed by atoms with E-state index in [2.05, 4.69) is 5.43 Å². The average Bonchev–Trinajstić information content (AvgIpc) is 3.51. The number of hydrogen-bond acceptors (Lipinski definition) is 7. The van der Waals surface area contributed by atoms with Gasteiger partial charge in [-0.25, -0.2) is 4.90 Å². The van der Waals surface area contributed by atoms with Crippen molar-refractivity contribution in [1.29, 1.82) is 0 Å². The Morgan fingerprint density at radius 2 is 1.61 bits per heavy atom. The van der Waals surface area contributed by atoms with Gasteiger partial charge in [-0.15, -0.1) is 0 Å². The molecule has 8 rings (SSSR count). The number of carbonyl (C=O) groups excluding carboxylic acids is 4. The zero-order chi connectivity index (χ0) is 35.8. The smallest absolute Gasteiger partial charge is 0.260 e. The minimum Gasteiger partial charge on any atom is -0.508 e. The van der Waals surface area contributed by atoms with E-state index in [1.807, 2.05) is 74.5 Å². The molecule has 9 nitrogen and oxygen atoms in total. The predicted molar refractivity (Wildman–Crippen MR) is 192 cm³/mol. The van der Waals surface area contributed by atoms with Gasteiger partial charge in [-0.2, -0.15) is 5.01 Å². The molecule has 1 saturated carbocycles. The number of carbonyl (C=O) groups is 4. The van der Waals surface area contributed by atoms with E-state index in [9.17, 15) is 19.5 Å². The van der Waals surface area contributed by atoms with Crippen molar-refractivity contribution >= 4 is 46.6 Å². The first-order valence-electron chi connectivity index (χ1n) is 17.0. The van der Waals surface area contributed by atoms with Crippen molar-refractivity contribution in [1.82, 2.24) is 5.01 Å². The summed E-state index contributed by atoms with van der Waals surface area (Å²) in [5.74, 6) is -5.08. The zero-order valence-electron chi connectivity index (χ0n) is 28.3. The van der Waals surface area contributed by atoms with Gasteiger partial charge in [-0.1, -0.05) is 83.4 Å². The summed E-state index contributed by atoms with van der Waals surface area (Å²) in [4.78, 5) is 59.8. The Balaban J connectivity index is 1.32. The largest absolute Gasteiger partial charge is 0.508 e. The van der Waals surface area contributed by atoms with Crippen LogP contribution in [0.1, 0.15) is 41.0 Å². The van der Waals surface area contributed by atoms with Crippen molar-refractivity contribution in [3.63, 3.8) is 0 Å². The van der Waals surface area contributed by atoms with Crippen LogP contribution in [0.5, 0.6) is 11.5 Å². The Morgan fingerprint density at radius 1 is 0.863 bits per heavy atom. The molecule has 10 heteroatoms. The SMILES string of the molecule is COc1ccc([C@H]2C3=CC[C@@H]4C(=O)N(c5ccc(C)c(Cl)c5)C(=O)[C@@H]4[C@@H]3C[C@H]3C(=O)N(Nc4ccc(C)cc4)C(=O)[C@@]23c2ccccc2)c(O)c1. The number of amides is 4. The van der Waals surface area contributed by atoms with Gasteiger partial charge in [-0.3, -0.25) is 24.6 Å². The maximum Gasteiger partial charge on any atom is 0.260 e. The first-order chi connectivity index (χ1) is 24.6. The third-order valence-electron chi connectivity index (χ3n) is 11.4. The number of halogens is 1. The molecule has 51 heavy (non-hydrogen) atoms. The van der Waals surface area contributed by atoms with Crippen LogP contribution >= 0.6 is 11.6 Å². The number of fused-ring (bicyclic) bond motifs is 4. The van der Waals surface area contributed by atoms with E-state index >= 15 is 4.79 Å². The number of nitrogens with zero attached hydrogens (tertiary/aromatic N) is 2. The molecule has 4 aromatic rings. The molecule has 258 valence electrons. The lowest BCUT2D eigenvalue weighted by Gasteiger charge is -2.50. The number of hydrazine groups is 1. The van der Waals surface area contributed by atoms with Crippen molar-refractivity contribution in [2.45, 2.75) is 38.0 Å². The van der Waals surface area contributed by atoms with Gasteiger partial charge in [0.2, 0.25) is 11.8 Å². The summed E-state index contributed by atoms with van der Waals surface area (Å²) in [5.41, 5.74) is 6.20. The topological polar surface area (TPSA) is 116 Å². The molecular formula is C41H36ClN3O6. The summed E-state index contributed by atoms with van der Waals surface area (Å²) in [5, 5.41) is 13.2. The Morgan fingerprint density at radius 3 is 2.29 bits per heavy atom. The zero-order valence-corrected chi connectivity index (χ0v) is 29.1. The van der Waals surface area contributed by atoms with E-state index in [4.69, 9.17) is 16.3 Å². The van der Waals surface area contributed by atoms with Crippen molar-refractivity contribution in [2.24, 2.45) is 23.7 Å². The van der Waals surface area contributed by atoms with E-state index < -0.39 is 46.8 Å². The fourth-order valence-corrected chi connectivity index (χ4v) is 9.14. The third kappa shape index (κ3) is 4.82. The summed E-state index contributed by atoms with van der Waals surface area (Å²) in [6.45, 7) is 3.80. The number of benzene rings is 4. The number of ether oxygens (including phenoxy) is 1. The Labute approximate surface area is 300 Å². The second-order valence-corrected chi connectivity index (χ2v) is 14.4. The minimum absolute atomic E-state index is 0.105. The number of phenols is 1. The predicted octanol–water partition coefficient (Wildman–Crippen LogP) is 6.86. The highest BCUT2D eigenvalue weighted by Gasteiger charge is 2.70. The summed E-state index contributed by atoms with van der Waals surface area (Å²) in [6, 6.07) is 26.7. The van der Waals surface area contributed by atoms with Crippen LogP contribution in [0.2, 0.25) is 5.02 Å². The third-order valence-corrected chi connectivity index (χ3v) is 11.8. The van der Waals surface area contributed by atoms with E-state index in [0.717, 1.165) is 21.7 Å². The van der Waals surface area contributed by atoms with Crippen molar-refractivity contribution in [2.75, 3.05) is 17.4 Å². The summed E-state index contributed by atoms with van der Waals surface area (Å²) >= 11 is 6.45. The number of aryl methyl sites for hydroxylation is 2. The van der Waals surface area contributed by atoms with Crippen LogP contribution in [0.15, 0.2) is 103 Å². The van der Waals surface area contributed by atoms with Gasteiger partial charge in [0.15, 0.2) is 0 Å².